The summed E-state index contributed by atoms with van der Waals surface area (Å²) in [6.07, 6.45) is 15.9. The molecular formula is C56H73Cl3N6O4S. The van der Waals surface area contributed by atoms with E-state index in [2.05, 4.69) is 91.4 Å². The Hall–Kier alpha value is -4.78. The van der Waals surface area contributed by atoms with E-state index < -0.39 is 10.1 Å². The first kappa shape index (κ1) is 56.1. The van der Waals surface area contributed by atoms with Gasteiger partial charge < -0.3 is 20.3 Å². The topological polar surface area (TPSA) is 127 Å². The third kappa shape index (κ3) is 14.4. The van der Waals surface area contributed by atoms with Gasteiger partial charge in [0.25, 0.3) is 10.1 Å². The van der Waals surface area contributed by atoms with E-state index in [1.54, 1.807) is 25.3 Å². The number of rotatable bonds is 13. The number of hydrogen-bond donors (Lipinski definition) is 2. The van der Waals surface area contributed by atoms with E-state index in [-0.39, 0.29) is 4.90 Å². The summed E-state index contributed by atoms with van der Waals surface area (Å²) in [5.41, 5.74) is 19.6. The molecule has 70 heavy (non-hydrogen) atoms. The van der Waals surface area contributed by atoms with Crippen LogP contribution < -0.4 is 15.5 Å². The highest BCUT2D eigenvalue weighted by atomic mass is 35.5. The van der Waals surface area contributed by atoms with Crippen molar-refractivity contribution in [3.05, 3.63) is 140 Å². The van der Waals surface area contributed by atoms with Crippen LogP contribution in [0.15, 0.2) is 90.2 Å². The molecule has 3 N–H and O–H groups in total. The van der Waals surface area contributed by atoms with Crippen LogP contribution in [0.3, 0.4) is 0 Å². The van der Waals surface area contributed by atoms with Crippen LogP contribution in [0, 0.1) is 34.6 Å². The number of benzene rings is 3. The van der Waals surface area contributed by atoms with Gasteiger partial charge in [-0.1, -0.05) is 118 Å². The number of aromatic nitrogens is 3. The maximum atomic E-state index is 10.5. The summed E-state index contributed by atoms with van der Waals surface area (Å²) >= 11 is 18.8. The molecule has 0 fully saturated rings. The number of nitrogens with zero attached hydrogens (tertiary/aromatic N) is 5. The van der Waals surface area contributed by atoms with Crippen molar-refractivity contribution < 1.29 is 17.7 Å². The summed E-state index contributed by atoms with van der Waals surface area (Å²) in [6, 6.07) is 23.5. The molecule has 0 radical (unpaired) electrons. The third-order valence-corrected chi connectivity index (χ3v) is 14.4. The zero-order valence-corrected chi connectivity index (χ0v) is 45.8. The molecule has 0 saturated carbocycles. The number of pyridine rings is 2. The molecule has 10 nitrogen and oxygen atoms in total. The van der Waals surface area contributed by atoms with E-state index in [0.717, 1.165) is 75.9 Å². The smallest absolute Gasteiger partial charge is 0.294 e. The van der Waals surface area contributed by atoms with E-state index in [4.69, 9.17) is 54.8 Å². The fourth-order valence-electron chi connectivity index (χ4n) is 9.41. The molecule has 2 aliphatic heterocycles. The Balaban J connectivity index is 0.000000191. The van der Waals surface area contributed by atoms with Crippen molar-refractivity contribution in [1.29, 1.82) is 0 Å². The lowest BCUT2D eigenvalue weighted by molar-refractivity contribution is 0.338. The van der Waals surface area contributed by atoms with Gasteiger partial charge in [0, 0.05) is 65.0 Å². The van der Waals surface area contributed by atoms with Crippen LogP contribution in [0.5, 0.6) is 0 Å². The average Bonchev–Trinajstić information content (AvgIpc) is 3.66. The van der Waals surface area contributed by atoms with E-state index in [0.29, 0.717) is 27.9 Å². The van der Waals surface area contributed by atoms with Gasteiger partial charge in [-0.05, 0) is 138 Å². The van der Waals surface area contributed by atoms with Gasteiger partial charge in [0.15, 0.2) is 0 Å². The second-order valence-corrected chi connectivity index (χ2v) is 21.0. The molecule has 0 unspecified atom stereocenters. The largest absolute Gasteiger partial charge is 0.504 e. The lowest BCUT2D eigenvalue weighted by atomic mass is 9.94. The predicted octanol–water partition coefficient (Wildman–Crippen LogP) is 15.3. The van der Waals surface area contributed by atoms with Crippen molar-refractivity contribution in [2.45, 2.75) is 144 Å². The fourth-order valence-corrected chi connectivity index (χ4v) is 10.8. The Morgan fingerprint density at radius 2 is 1.20 bits per heavy atom. The molecule has 14 heteroatoms. The molecular weight excluding hydrogens is 959 g/mol. The lowest BCUT2D eigenvalue weighted by Crippen LogP contribution is -2.39. The van der Waals surface area contributed by atoms with E-state index in [1.807, 2.05) is 45.2 Å². The number of halogens is 3. The first-order valence-corrected chi connectivity index (χ1v) is 27.2. The van der Waals surface area contributed by atoms with Crippen molar-refractivity contribution in [2.24, 2.45) is 0 Å². The molecule has 6 aromatic rings. The fraction of sp³-hybridized carbons (Fsp3) is 0.429. The molecule has 2 aliphatic rings. The number of nitrogens with two attached hydrogens (primary N) is 1. The molecule has 3 aromatic heterocycles. The minimum Gasteiger partial charge on any atom is -0.504 e. The summed E-state index contributed by atoms with van der Waals surface area (Å²) in [5.74, 6) is 0. The zero-order chi connectivity index (χ0) is 51.3. The molecule has 0 spiro atoms. The van der Waals surface area contributed by atoms with Crippen LogP contribution >= 0.6 is 34.8 Å². The van der Waals surface area contributed by atoms with Gasteiger partial charge in [0.05, 0.1) is 45.4 Å². The van der Waals surface area contributed by atoms with E-state index in [1.165, 1.54) is 91.4 Å². The molecule has 3 aromatic carbocycles. The van der Waals surface area contributed by atoms with Crippen molar-refractivity contribution in [3.8, 4) is 5.69 Å². The van der Waals surface area contributed by atoms with Gasteiger partial charge in [-0.2, -0.15) is 8.42 Å². The summed E-state index contributed by atoms with van der Waals surface area (Å²) in [6.45, 7) is 21.2. The van der Waals surface area contributed by atoms with Gasteiger partial charge in [-0.15, -0.1) is 0 Å². The number of fused-ring (bicyclic) bond motifs is 1. The Bertz CT molecular complexity index is 2820. The van der Waals surface area contributed by atoms with Crippen LogP contribution in [0.4, 0.5) is 17.1 Å². The highest BCUT2D eigenvalue weighted by molar-refractivity contribution is 7.85. The van der Waals surface area contributed by atoms with Crippen molar-refractivity contribution in [3.63, 3.8) is 0 Å². The Morgan fingerprint density at radius 1 is 0.686 bits per heavy atom. The average molecular weight is 1030 g/mol. The van der Waals surface area contributed by atoms with Gasteiger partial charge in [-0.3, -0.25) is 9.12 Å². The summed E-state index contributed by atoms with van der Waals surface area (Å²) in [7, 11) is -2.33. The quantitative estimate of drug-likeness (QED) is 0.0503. The maximum absolute atomic E-state index is 10.5. The highest BCUT2D eigenvalue weighted by Gasteiger charge is 2.30. The van der Waals surface area contributed by atoms with Crippen molar-refractivity contribution in [2.75, 3.05) is 35.7 Å². The Morgan fingerprint density at radius 3 is 1.73 bits per heavy atom. The van der Waals surface area contributed by atoms with Crippen LogP contribution in [0.25, 0.3) is 22.3 Å². The molecule has 0 aliphatic carbocycles. The Labute approximate surface area is 433 Å². The standard InChI is InChI=1S/C24H30ClN3.C18H27ClN2O.C7H8ClN.C7H8O3S/c1-5-7-19(8-6-2)27-12-11-18-15-28(21-10-9-16(3)13-20(21)25)24-23(18)22(27)14-17(4)26-24;1-5-7-15(8-6-2)21-10-9-14(12-22-4)17-16(21)11-13(3)20-18(17)19;1-5-2-3-7(9)6(8)4-5;1-6-2-4-7(5-3-6)11(8,9)10/h9-10,13-15,19H,5-8,11-12H2,1-4H3;11-12,15H,5-10H2,1-4H3;2-4H,9H2,1H3;2-5H,1H3,(H,8,9,10). The van der Waals surface area contributed by atoms with E-state index in [9.17, 15) is 8.42 Å². The van der Waals surface area contributed by atoms with Gasteiger partial charge in [0.2, 0.25) is 0 Å². The molecule has 378 valence electrons. The molecule has 0 amide bonds. The van der Waals surface area contributed by atoms with Crippen LogP contribution in [0.2, 0.25) is 15.2 Å². The van der Waals surface area contributed by atoms with Crippen molar-refractivity contribution >= 4 is 78.6 Å². The summed E-state index contributed by atoms with van der Waals surface area (Å²) < 4.78 is 37.0. The van der Waals surface area contributed by atoms with Crippen LogP contribution in [-0.2, 0) is 21.3 Å². The van der Waals surface area contributed by atoms with Crippen LogP contribution in [0.1, 0.15) is 125 Å². The third-order valence-electron chi connectivity index (χ3n) is 12.7. The summed E-state index contributed by atoms with van der Waals surface area (Å²) in [4.78, 5) is 14.5. The highest BCUT2D eigenvalue weighted by Crippen LogP contribution is 2.42. The number of hydrogen-bond acceptors (Lipinski definition) is 8. The van der Waals surface area contributed by atoms with Gasteiger partial charge >= 0.3 is 0 Å². The SMILES string of the molecule is CCCC(CCC)N1CCC(=COC)c2c1cc(C)nc2Cl.CCCC(CCC)N1CCc2cn(-c3ccc(C)cc3Cl)c3nc(C)cc1c23.Cc1ccc(N)c(Cl)c1.Cc1ccc(S(=O)(=O)O)cc1. The number of ether oxygens (including phenoxy) is 1. The second-order valence-electron chi connectivity index (χ2n) is 18.5. The second kappa shape index (κ2) is 26.1. The first-order chi connectivity index (χ1) is 33.3. The molecule has 0 saturated heterocycles. The first-order valence-electron chi connectivity index (χ1n) is 24.6. The Kier molecular flexibility index (Phi) is 20.9. The predicted molar refractivity (Wildman–Crippen MR) is 296 cm³/mol. The summed E-state index contributed by atoms with van der Waals surface area (Å²) in [5, 5.41) is 3.31. The molecule has 8 rings (SSSR count). The number of anilines is 3. The normalized spacial score (nSPS) is 13.6. The number of aryl methyl sites for hydroxylation is 5. The number of nitrogen functional groups attached to an aromatic ring is 1. The van der Waals surface area contributed by atoms with E-state index >= 15 is 0 Å². The minimum atomic E-state index is -4.02. The minimum absolute atomic E-state index is 0.0666. The molecule has 0 bridgehead atoms. The maximum Gasteiger partial charge on any atom is 0.294 e. The molecule has 5 heterocycles. The zero-order valence-electron chi connectivity index (χ0n) is 42.8. The van der Waals surface area contributed by atoms with Crippen molar-refractivity contribution in [1.82, 2.24) is 14.5 Å². The molecule has 0 atom stereocenters. The monoisotopic (exact) mass is 1030 g/mol. The van der Waals surface area contributed by atoms with Gasteiger partial charge in [0.1, 0.15) is 10.8 Å². The van der Waals surface area contributed by atoms with Crippen LogP contribution in [-0.4, -0.2) is 59.8 Å². The van der Waals surface area contributed by atoms with Gasteiger partial charge in [-0.25, -0.2) is 9.97 Å². The lowest BCUT2D eigenvalue weighted by Gasteiger charge is -2.39. The number of methoxy groups -OCH3 is 1.